The molecule has 1 amide bonds. The topological polar surface area (TPSA) is 120 Å². The maximum Gasteiger partial charge on any atom is 0.343 e. The number of methoxy groups -OCH3 is 1. The lowest BCUT2D eigenvalue weighted by Gasteiger charge is -2.31. The summed E-state index contributed by atoms with van der Waals surface area (Å²) in [6.45, 7) is 5.19. The van der Waals surface area contributed by atoms with Crippen LogP contribution in [-0.2, 0) is 44.2 Å². The number of fused-ring (bicyclic) bond motifs is 5. The average Bonchev–Trinajstić information content (AvgIpc) is 3.28. The normalized spacial score (nSPS) is 21.7. The highest BCUT2D eigenvalue weighted by Gasteiger charge is 2.46. The van der Waals surface area contributed by atoms with E-state index < -0.39 is 11.6 Å². The van der Waals surface area contributed by atoms with Crippen LogP contribution >= 0.6 is 0 Å². The predicted molar refractivity (Wildman–Crippen MR) is 140 cm³/mol. The Morgan fingerprint density at radius 1 is 1.33 bits per heavy atom. The summed E-state index contributed by atoms with van der Waals surface area (Å²) in [5.41, 5.74) is 2.51. The number of amides is 1. The van der Waals surface area contributed by atoms with Gasteiger partial charge in [-0.1, -0.05) is 6.92 Å². The van der Waals surface area contributed by atoms with Gasteiger partial charge in [0.05, 0.1) is 47.6 Å². The predicted octanol–water partition coefficient (Wildman–Crippen LogP) is 3.06. The minimum atomic E-state index is -1.94. The zero-order chi connectivity index (χ0) is 27.8. The summed E-state index contributed by atoms with van der Waals surface area (Å²) in [6, 6.07) is 2.67. The zero-order valence-electron chi connectivity index (χ0n) is 22.3. The first-order valence-electron chi connectivity index (χ1n) is 13.2. The van der Waals surface area contributed by atoms with E-state index in [0.29, 0.717) is 35.3 Å². The van der Waals surface area contributed by atoms with Crippen molar-refractivity contribution >= 4 is 22.8 Å². The fourth-order valence-electron chi connectivity index (χ4n) is 6.30. The maximum atomic E-state index is 15.0. The number of nitrogens with one attached hydrogen (secondary N) is 1. The fourth-order valence-corrected chi connectivity index (χ4v) is 6.30. The summed E-state index contributed by atoms with van der Waals surface area (Å²) in [7, 11) is 1.55. The summed E-state index contributed by atoms with van der Waals surface area (Å²) in [5.74, 6) is -1.32. The first kappa shape index (κ1) is 25.6. The number of hydrogen-bond acceptors (Lipinski definition) is 7. The van der Waals surface area contributed by atoms with Crippen LogP contribution in [0.5, 0.6) is 0 Å². The molecule has 2 aromatic heterocycles. The van der Waals surface area contributed by atoms with E-state index in [4.69, 9.17) is 14.5 Å². The number of ether oxygens (including phenoxy) is 2. The Morgan fingerprint density at radius 3 is 2.82 bits per heavy atom. The molecular formula is C29H30FN3O6. The Hall–Kier alpha value is -3.63. The smallest absolute Gasteiger partial charge is 0.343 e. The number of hydrogen-bond donors (Lipinski definition) is 2. The molecule has 0 fully saturated rings. The number of nitrogens with zero attached hydrogens (tertiary/aromatic N) is 2. The average molecular weight is 536 g/mol. The Bertz CT molecular complexity index is 1650. The van der Waals surface area contributed by atoms with Crippen molar-refractivity contribution in [1.29, 1.82) is 0 Å². The highest BCUT2D eigenvalue weighted by Crippen LogP contribution is 2.45. The van der Waals surface area contributed by atoms with Crippen molar-refractivity contribution in [2.24, 2.45) is 0 Å². The van der Waals surface area contributed by atoms with Gasteiger partial charge in [0, 0.05) is 29.7 Å². The van der Waals surface area contributed by atoms with Crippen LogP contribution in [0.25, 0.3) is 22.3 Å². The molecule has 0 unspecified atom stereocenters. The monoisotopic (exact) mass is 535 g/mol. The van der Waals surface area contributed by atoms with E-state index in [1.807, 2.05) is 6.92 Å². The lowest BCUT2D eigenvalue weighted by molar-refractivity contribution is -0.172. The van der Waals surface area contributed by atoms with Gasteiger partial charge in [0.15, 0.2) is 5.60 Å². The number of benzene rings is 1. The second-order valence-corrected chi connectivity index (χ2v) is 10.7. The van der Waals surface area contributed by atoms with Gasteiger partial charge < -0.3 is 24.5 Å². The summed E-state index contributed by atoms with van der Waals surface area (Å²) < 4.78 is 27.0. The molecule has 2 N–H and O–H groups in total. The van der Waals surface area contributed by atoms with Crippen molar-refractivity contribution < 1.29 is 28.6 Å². The molecule has 0 spiro atoms. The van der Waals surface area contributed by atoms with Gasteiger partial charge in [-0.15, -0.1) is 0 Å². The first-order valence-corrected chi connectivity index (χ1v) is 13.2. The van der Waals surface area contributed by atoms with Crippen molar-refractivity contribution in [3.05, 3.63) is 61.7 Å². The highest BCUT2D eigenvalue weighted by atomic mass is 19.1. The molecule has 4 heterocycles. The van der Waals surface area contributed by atoms with Crippen molar-refractivity contribution in [1.82, 2.24) is 14.9 Å². The van der Waals surface area contributed by atoms with E-state index in [2.05, 4.69) is 5.32 Å². The van der Waals surface area contributed by atoms with Gasteiger partial charge in [-0.3, -0.25) is 9.59 Å². The summed E-state index contributed by atoms with van der Waals surface area (Å²) in [6.07, 6.45) is 1.11. The van der Waals surface area contributed by atoms with Crippen LogP contribution in [0.2, 0.25) is 0 Å². The Balaban J connectivity index is 1.58. The molecule has 0 radical (unpaired) electrons. The Labute approximate surface area is 223 Å². The molecule has 3 aromatic rings. The van der Waals surface area contributed by atoms with Gasteiger partial charge in [-0.2, -0.15) is 0 Å². The molecule has 3 atom stereocenters. The standard InChI is InChI=1S/C29H30FN3O6/c1-5-29(37)18-9-22-26-16(11-33(22)27(35)17(18)12-39-28(29)36)25-20(31-23(34)8-13(2)38-4)7-6-15-14(3)19(30)10-21(32-26)24(15)25/h9-10,13,20,37H,5-8,11-12H2,1-4H3,(H,31,34)/t13-,20+,29+/m1/s1. The number of pyridine rings is 2. The molecular weight excluding hydrogens is 505 g/mol. The Kier molecular flexibility index (Phi) is 5.89. The van der Waals surface area contributed by atoms with Gasteiger partial charge in [-0.05, 0) is 55.9 Å². The lowest BCUT2D eigenvalue weighted by atomic mass is 9.81. The van der Waals surface area contributed by atoms with Crippen LogP contribution in [0.15, 0.2) is 16.9 Å². The van der Waals surface area contributed by atoms with Crippen molar-refractivity contribution in [3.63, 3.8) is 0 Å². The minimum Gasteiger partial charge on any atom is -0.458 e. The van der Waals surface area contributed by atoms with E-state index in [1.165, 1.54) is 6.07 Å². The van der Waals surface area contributed by atoms with E-state index in [1.54, 1.807) is 31.6 Å². The van der Waals surface area contributed by atoms with Gasteiger partial charge in [0.1, 0.15) is 12.4 Å². The number of carbonyl (C=O) groups excluding carboxylic acids is 2. The number of rotatable bonds is 5. The molecule has 6 rings (SSSR count). The minimum absolute atomic E-state index is 0.0346. The molecule has 1 aromatic carbocycles. The van der Waals surface area contributed by atoms with E-state index >= 15 is 4.39 Å². The third-order valence-corrected chi connectivity index (χ3v) is 8.59. The van der Waals surface area contributed by atoms with Crippen LogP contribution in [-0.4, -0.2) is 39.7 Å². The SMILES string of the molecule is CC[C@@]1(O)C(=O)OCc2c1cc1n(c2=O)Cc2c-1nc1cc(F)c(C)c3c1c2[C@@H](NC(=O)C[C@@H](C)OC)CC3. The van der Waals surface area contributed by atoms with Crippen LogP contribution < -0.4 is 10.9 Å². The third-order valence-electron chi connectivity index (χ3n) is 8.59. The maximum absolute atomic E-state index is 15.0. The van der Waals surface area contributed by atoms with E-state index in [0.717, 1.165) is 22.1 Å². The van der Waals surface area contributed by atoms with Crippen LogP contribution in [0.3, 0.4) is 0 Å². The molecule has 39 heavy (non-hydrogen) atoms. The molecule has 0 saturated heterocycles. The number of aliphatic hydroxyl groups is 1. The summed E-state index contributed by atoms with van der Waals surface area (Å²) in [4.78, 5) is 43.9. The zero-order valence-corrected chi connectivity index (χ0v) is 22.3. The number of esters is 1. The van der Waals surface area contributed by atoms with Gasteiger partial charge in [-0.25, -0.2) is 14.2 Å². The van der Waals surface area contributed by atoms with Gasteiger partial charge in [0.25, 0.3) is 5.56 Å². The van der Waals surface area contributed by atoms with Crippen molar-refractivity contribution in [3.8, 4) is 11.4 Å². The number of aromatic nitrogens is 2. The Morgan fingerprint density at radius 2 is 2.10 bits per heavy atom. The van der Waals surface area contributed by atoms with Gasteiger partial charge in [0.2, 0.25) is 5.91 Å². The third kappa shape index (κ3) is 3.65. The number of halogens is 1. The molecule has 3 aliphatic rings. The molecule has 204 valence electrons. The number of carbonyl (C=O) groups is 2. The van der Waals surface area contributed by atoms with E-state index in [9.17, 15) is 19.5 Å². The van der Waals surface area contributed by atoms with Crippen molar-refractivity contribution in [2.45, 2.75) is 77.4 Å². The second-order valence-electron chi connectivity index (χ2n) is 10.7. The molecule has 10 heteroatoms. The van der Waals surface area contributed by atoms with Gasteiger partial charge >= 0.3 is 5.97 Å². The van der Waals surface area contributed by atoms with Crippen LogP contribution in [0.4, 0.5) is 4.39 Å². The molecule has 1 aliphatic carbocycles. The van der Waals surface area contributed by atoms with E-state index in [-0.39, 0.29) is 66.5 Å². The molecule has 2 aliphatic heterocycles. The largest absolute Gasteiger partial charge is 0.458 e. The fraction of sp³-hybridized carbons (Fsp3) is 0.448. The lowest BCUT2D eigenvalue weighted by Crippen LogP contribution is -2.44. The highest BCUT2D eigenvalue weighted by molar-refractivity contribution is 5.94. The molecule has 9 nitrogen and oxygen atoms in total. The number of aryl methyl sites for hydroxylation is 1. The first-order chi connectivity index (χ1) is 18.6. The number of cyclic esters (lactones) is 1. The summed E-state index contributed by atoms with van der Waals surface area (Å²) in [5, 5.41) is 15.1. The van der Waals surface area contributed by atoms with Crippen molar-refractivity contribution in [2.75, 3.05) is 7.11 Å². The molecule has 0 saturated carbocycles. The molecule has 0 bridgehead atoms. The quantitative estimate of drug-likeness (QED) is 0.377. The second kappa shape index (κ2) is 8.96. The van der Waals surface area contributed by atoms with Crippen LogP contribution in [0.1, 0.15) is 72.5 Å². The van der Waals surface area contributed by atoms with Crippen LogP contribution in [0, 0.1) is 12.7 Å². The summed E-state index contributed by atoms with van der Waals surface area (Å²) >= 11 is 0.